The number of amides is 1. The van der Waals surface area contributed by atoms with Gasteiger partial charge in [0.25, 0.3) is 5.91 Å². The van der Waals surface area contributed by atoms with E-state index in [0.29, 0.717) is 16.3 Å². The summed E-state index contributed by atoms with van der Waals surface area (Å²) in [6.45, 7) is 0. The molecule has 0 aliphatic rings. The predicted octanol–water partition coefficient (Wildman–Crippen LogP) is 5.87. The number of hydrogen-bond donors (Lipinski definition) is 1. The van der Waals surface area contributed by atoms with Gasteiger partial charge in [0.1, 0.15) is 5.76 Å². The zero-order valence-electron chi connectivity index (χ0n) is 12.6. The maximum absolute atomic E-state index is 12.7. The Balaban J connectivity index is 1.80. The molecule has 128 valence electrons. The van der Waals surface area contributed by atoms with Crippen LogP contribution in [0.4, 0.5) is 18.9 Å². The minimum atomic E-state index is -4.48. The molecule has 0 spiro atoms. The molecule has 1 heterocycles. The minimum absolute atomic E-state index is 0.0236. The fourth-order valence-electron chi connectivity index (χ4n) is 2.23. The van der Waals surface area contributed by atoms with E-state index in [2.05, 4.69) is 5.32 Å². The van der Waals surface area contributed by atoms with Crippen molar-refractivity contribution in [1.29, 1.82) is 0 Å². The molecule has 2 aromatic carbocycles. The van der Waals surface area contributed by atoms with E-state index in [-0.39, 0.29) is 11.4 Å². The van der Waals surface area contributed by atoms with Crippen LogP contribution in [0.25, 0.3) is 11.3 Å². The molecule has 3 aromatic rings. The first-order valence-electron chi connectivity index (χ1n) is 7.18. The first-order chi connectivity index (χ1) is 11.8. The standard InChI is InChI=1S/C18H11ClF3NO2/c19-14-7-2-1-6-13(14)15-8-9-16(25-15)17(24)23-12-5-3-4-11(10-12)18(20,21)22/h1-10H,(H,23,24). The Bertz CT molecular complexity index is 918. The number of anilines is 1. The summed E-state index contributed by atoms with van der Waals surface area (Å²) in [7, 11) is 0. The van der Waals surface area contributed by atoms with Crippen molar-refractivity contribution in [2.45, 2.75) is 6.18 Å². The molecule has 0 aliphatic carbocycles. The number of carbonyl (C=O) groups excluding carboxylic acids is 1. The molecular weight excluding hydrogens is 355 g/mol. The van der Waals surface area contributed by atoms with E-state index in [1.807, 2.05) is 0 Å². The van der Waals surface area contributed by atoms with Crippen LogP contribution >= 0.6 is 11.6 Å². The van der Waals surface area contributed by atoms with Crippen LogP contribution < -0.4 is 5.32 Å². The van der Waals surface area contributed by atoms with Crippen LogP contribution in [-0.2, 0) is 6.18 Å². The van der Waals surface area contributed by atoms with Gasteiger partial charge in [0, 0.05) is 11.3 Å². The van der Waals surface area contributed by atoms with Crippen molar-refractivity contribution in [3.8, 4) is 11.3 Å². The lowest BCUT2D eigenvalue weighted by Gasteiger charge is -2.09. The molecule has 3 rings (SSSR count). The highest BCUT2D eigenvalue weighted by molar-refractivity contribution is 6.33. The Morgan fingerprint density at radius 3 is 2.48 bits per heavy atom. The van der Waals surface area contributed by atoms with Gasteiger partial charge in [0.2, 0.25) is 0 Å². The van der Waals surface area contributed by atoms with Crippen molar-refractivity contribution in [1.82, 2.24) is 0 Å². The topological polar surface area (TPSA) is 42.2 Å². The van der Waals surface area contributed by atoms with Gasteiger partial charge in [0.15, 0.2) is 5.76 Å². The molecule has 1 amide bonds. The third-order valence-electron chi connectivity index (χ3n) is 3.42. The van der Waals surface area contributed by atoms with Gasteiger partial charge in [-0.3, -0.25) is 4.79 Å². The fourth-order valence-corrected chi connectivity index (χ4v) is 2.46. The average molecular weight is 366 g/mol. The number of furan rings is 1. The quantitative estimate of drug-likeness (QED) is 0.630. The normalized spacial score (nSPS) is 11.4. The van der Waals surface area contributed by atoms with Crippen LogP contribution in [0.1, 0.15) is 16.1 Å². The van der Waals surface area contributed by atoms with E-state index in [9.17, 15) is 18.0 Å². The number of benzene rings is 2. The van der Waals surface area contributed by atoms with Crippen molar-refractivity contribution in [3.63, 3.8) is 0 Å². The van der Waals surface area contributed by atoms with Gasteiger partial charge in [0.05, 0.1) is 10.6 Å². The molecule has 0 saturated carbocycles. The summed E-state index contributed by atoms with van der Waals surface area (Å²) < 4.78 is 43.6. The van der Waals surface area contributed by atoms with Crippen molar-refractivity contribution in [2.24, 2.45) is 0 Å². The largest absolute Gasteiger partial charge is 0.451 e. The molecule has 1 aromatic heterocycles. The Morgan fingerprint density at radius 1 is 1.00 bits per heavy atom. The van der Waals surface area contributed by atoms with Crippen LogP contribution in [0, 0.1) is 0 Å². The SMILES string of the molecule is O=C(Nc1cccc(C(F)(F)F)c1)c1ccc(-c2ccccc2Cl)o1. The van der Waals surface area contributed by atoms with Gasteiger partial charge in [-0.15, -0.1) is 0 Å². The summed E-state index contributed by atoms with van der Waals surface area (Å²) in [5.41, 5.74) is -0.209. The van der Waals surface area contributed by atoms with Gasteiger partial charge in [-0.2, -0.15) is 13.2 Å². The summed E-state index contributed by atoms with van der Waals surface area (Å²) in [6.07, 6.45) is -4.48. The first-order valence-corrected chi connectivity index (χ1v) is 7.56. The van der Waals surface area contributed by atoms with E-state index < -0.39 is 17.6 Å². The summed E-state index contributed by atoms with van der Waals surface area (Å²) >= 11 is 6.07. The van der Waals surface area contributed by atoms with Gasteiger partial charge >= 0.3 is 6.18 Å². The van der Waals surface area contributed by atoms with Gasteiger partial charge in [-0.1, -0.05) is 29.8 Å². The zero-order valence-corrected chi connectivity index (χ0v) is 13.4. The number of nitrogens with one attached hydrogen (secondary N) is 1. The maximum Gasteiger partial charge on any atom is 0.416 e. The number of hydrogen-bond acceptors (Lipinski definition) is 2. The van der Waals surface area contributed by atoms with Crippen molar-refractivity contribution < 1.29 is 22.4 Å². The summed E-state index contributed by atoms with van der Waals surface area (Å²) in [6, 6.07) is 14.3. The number of rotatable bonds is 3. The van der Waals surface area contributed by atoms with Crippen molar-refractivity contribution >= 4 is 23.2 Å². The molecule has 0 bridgehead atoms. The summed E-state index contributed by atoms with van der Waals surface area (Å²) in [5, 5.41) is 2.84. The number of carbonyl (C=O) groups is 1. The van der Waals surface area contributed by atoms with Gasteiger partial charge in [-0.25, -0.2) is 0 Å². The highest BCUT2D eigenvalue weighted by Crippen LogP contribution is 2.31. The number of halogens is 4. The highest BCUT2D eigenvalue weighted by Gasteiger charge is 2.30. The van der Waals surface area contributed by atoms with Gasteiger partial charge in [-0.05, 0) is 42.5 Å². The number of alkyl halides is 3. The molecule has 0 radical (unpaired) electrons. The van der Waals surface area contributed by atoms with E-state index in [0.717, 1.165) is 12.1 Å². The summed E-state index contributed by atoms with van der Waals surface area (Å²) in [5.74, 6) is -0.301. The second kappa shape index (κ2) is 6.64. The van der Waals surface area contributed by atoms with Crippen molar-refractivity contribution in [2.75, 3.05) is 5.32 Å². The molecule has 1 N–H and O–H groups in total. The highest BCUT2D eigenvalue weighted by atomic mass is 35.5. The molecular formula is C18H11ClF3NO2. The monoisotopic (exact) mass is 365 g/mol. The Labute approximate surface area is 146 Å². The average Bonchev–Trinajstić information content (AvgIpc) is 3.04. The molecule has 25 heavy (non-hydrogen) atoms. The van der Waals surface area contributed by atoms with Crippen LogP contribution in [-0.4, -0.2) is 5.91 Å². The van der Waals surface area contributed by atoms with Crippen LogP contribution in [0.3, 0.4) is 0 Å². The molecule has 3 nitrogen and oxygen atoms in total. The molecule has 0 unspecified atom stereocenters. The third-order valence-corrected chi connectivity index (χ3v) is 3.75. The Kier molecular flexibility index (Phi) is 4.55. The van der Waals surface area contributed by atoms with E-state index in [4.69, 9.17) is 16.0 Å². The maximum atomic E-state index is 12.7. The molecule has 0 aliphatic heterocycles. The van der Waals surface area contributed by atoms with E-state index in [1.165, 1.54) is 18.2 Å². The molecule has 0 fully saturated rings. The lowest BCUT2D eigenvalue weighted by molar-refractivity contribution is -0.137. The molecule has 0 saturated heterocycles. The van der Waals surface area contributed by atoms with Crippen molar-refractivity contribution in [3.05, 3.63) is 77.0 Å². The van der Waals surface area contributed by atoms with Gasteiger partial charge < -0.3 is 9.73 Å². The molecule has 7 heteroatoms. The second-order valence-corrected chi connectivity index (χ2v) is 5.58. The smallest absolute Gasteiger partial charge is 0.416 e. The van der Waals surface area contributed by atoms with Crippen LogP contribution in [0.2, 0.25) is 5.02 Å². The minimum Gasteiger partial charge on any atom is -0.451 e. The van der Waals surface area contributed by atoms with Crippen LogP contribution in [0.5, 0.6) is 0 Å². The van der Waals surface area contributed by atoms with E-state index >= 15 is 0 Å². The predicted molar refractivity (Wildman–Crippen MR) is 88.6 cm³/mol. The van der Waals surface area contributed by atoms with Crippen LogP contribution in [0.15, 0.2) is 65.1 Å². The Morgan fingerprint density at radius 2 is 1.76 bits per heavy atom. The lowest BCUT2D eigenvalue weighted by Crippen LogP contribution is -2.12. The fraction of sp³-hybridized carbons (Fsp3) is 0.0556. The summed E-state index contributed by atoms with van der Waals surface area (Å²) in [4.78, 5) is 12.2. The molecule has 0 atom stereocenters. The van der Waals surface area contributed by atoms with E-state index in [1.54, 1.807) is 30.3 Å². The lowest BCUT2D eigenvalue weighted by atomic mass is 10.2. The second-order valence-electron chi connectivity index (χ2n) is 5.18. The Hall–Kier alpha value is -2.73. The first kappa shape index (κ1) is 17.1. The zero-order chi connectivity index (χ0) is 18.0. The third kappa shape index (κ3) is 3.85.